The van der Waals surface area contributed by atoms with Gasteiger partial charge in [0, 0.05) is 24.4 Å². The van der Waals surface area contributed by atoms with Gasteiger partial charge >= 0.3 is 0 Å². The van der Waals surface area contributed by atoms with Gasteiger partial charge in [0.05, 0.1) is 21.1 Å². The Morgan fingerprint density at radius 2 is 1.82 bits per heavy atom. The minimum atomic E-state index is -1.26. The lowest BCUT2D eigenvalue weighted by molar-refractivity contribution is -0.133. The number of nitrogens with zero attached hydrogens (tertiary/aromatic N) is 1. The molecule has 4 nitrogen and oxygen atoms in total. The first-order chi connectivity index (χ1) is 10.5. The molecule has 1 heterocycles. The number of carbonyl (C=O) groups is 3. The van der Waals surface area contributed by atoms with Crippen molar-refractivity contribution >= 4 is 51.5 Å². The van der Waals surface area contributed by atoms with E-state index in [9.17, 15) is 14.4 Å². The molecule has 1 fully saturated rings. The molecule has 6 heteroatoms. The third kappa shape index (κ3) is 2.53. The van der Waals surface area contributed by atoms with Gasteiger partial charge in [-0.3, -0.25) is 19.4 Å². The van der Waals surface area contributed by atoms with E-state index in [1.807, 2.05) is 0 Å². The van der Waals surface area contributed by atoms with E-state index in [-0.39, 0.29) is 35.0 Å². The van der Waals surface area contributed by atoms with Crippen LogP contribution in [0.3, 0.4) is 0 Å². The van der Waals surface area contributed by atoms with E-state index in [0.717, 1.165) is 0 Å². The van der Waals surface area contributed by atoms with Crippen LogP contribution in [0.25, 0.3) is 10.9 Å². The van der Waals surface area contributed by atoms with Crippen LogP contribution >= 0.6 is 23.2 Å². The molecule has 0 N–H and O–H groups in total. The van der Waals surface area contributed by atoms with Gasteiger partial charge in [0.25, 0.3) is 0 Å². The Hall–Kier alpha value is -1.78. The van der Waals surface area contributed by atoms with Gasteiger partial charge in [-0.25, -0.2) is 0 Å². The number of hydrogen-bond acceptors (Lipinski definition) is 4. The molecule has 1 aromatic heterocycles. The van der Waals surface area contributed by atoms with E-state index in [1.165, 1.54) is 6.20 Å². The number of hydrogen-bond donors (Lipinski definition) is 0. The van der Waals surface area contributed by atoms with Crippen molar-refractivity contribution in [2.75, 3.05) is 0 Å². The van der Waals surface area contributed by atoms with Crippen LogP contribution in [0.1, 0.15) is 29.6 Å². The number of carbonyl (C=O) groups excluding carboxylic acids is 3. The maximum absolute atomic E-state index is 12.7. The summed E-state index contributed by atoms with van der Waals surface area (Å²) < 4.78 is 0. The number of benzene rings is 1. The Bertz CT molecular complexity index is 800. The van der Waals surface area contributed by atoms with Crippen LogP contribution in [-0.2, 0) is 9.59 Å². The number of ketones is 3. The summed E-state index contributed by atoms with van der Waals surface area (Å²) in [5.74, 6) is -2.51. The lowest BCUT2D eigenvalue weighted by Gasteiger charge is -2.19. The lowest BCUT2D eigenvalue weighted by Crippen LogP contribution is -2.35. The predicted molar refractivity (Wildman–Crippen MR) is 83.4 cm³/mol. The van der Waals surface area contributed by atoms with E-state index in [4.69, 9.17) is 23.2 Å². The highest BCUT2D eigenvalue weighted by molar-refractivity contribution is 6.38. The van der Waals surface area contributed by atoms with Crippen LogP contribution in [-0.4, -0.2) is 22.3 Å². The van der Waals surface area contributed by atoms with Crippen LogP contribution in [0.2, 0.25) is 10.0 Å². The zero-order valence-electron chi connectivity index (χ0n) is 11.4. The number of Topliss-reactive ketones (excluding diaryl/α,β-unsaturated/α-hetero) is 3. The van der Waals surface area contributed by atoms with Gasteiger partial charge in [-0.1, -0.05) is 29.3 Å². The summed E-state index contributed by atoms with van der Waals surface area (Å²) in [4.78, 5) is 40.9. The number of halogens is 2. The molecular formula is C16H11Cl2NO3. The molecule has 3 rings (SSSR count). The van der Waals surface area contributed by atoms with Crippen molar-refractivity contribution in [1.82, 2.24) is 4.98 Å². The van der Waals surface area contributed by atoms with Gasteiger partial charge < -0.3 is 0 Å². The van der Waals surface area contributed by atoms with Gasteiger partial charge in [-0.15, -0.1) is 0 Å². The van der Waals surface area contributed by atoms with E-state index in [2.05, 4.69) is 4.98 Å². The molecule has 22 heavy (non-hydrogen) atoms. The summed E-state index contributed by atoms with van der Waals surface area (Å²) in [7, 11) is 0. The molecule has 0 bridgehead atoms. The van der Waals surface area contributed by atoms with Crippen molar-refractivity contribution in [3.05, 3.63) is 40.0 Å². The fourth-order valence-electron chi connectivity index (χ4n) is 2.73. The number of pyridine rings is 1. The standard InChI is InChI=1S/C16H11Cl2NO3/c17-9-6-8-4-5-10(18)13(15(8)19-7-9)16(22)14-11(20)2-1-3-12(14)21/h4-7,14H,1-3H2. The largest absolute Gasteiger partial charge is 0.298 e. The van der Waals surface area contributed by atoms with Crippen molar-refractivity contribution in [2.45, 2.75) is 19.3 Å². The highest BCUT2D eigenvalue weighted by atomic mass is 35.5. The Kier molecular flexibility index (Phi) is 3.98. The van der Waals surface area contributed by atoms with Crippen molar-refractivity contribution < 1.29 is 14.4 Å². The van der Waals surface area contributed by atoms with Crippen LogP contribution in [0.4, 0.5) is 0 Å². The Balaban J connectivity index is 2.16. The molecule has 0 radical (unpaired) electrons. The van der Waals surface area contributed by atoms with E-state index in [0.29, 0.717) is 22.3 Å². The minimum Gasteiger partial charge on any atom is -0.298 e. The maximum Gasteiger partial charge on any atom is 0.184 e. The smallest absolute Gasteiger partial charge is 0.184 e. The van der Waals surface area contributed by atoms with Crippen molar-refractivity contribution in [3.63, 3.8) is 0 Å². The summed E-state index contributed by atoms with van der Waals surface area (Å²) in [6.07, 6.45) is 2.38. The third-order valence-corrected chi connectivity index (χ3v) is 4.29. The lowest BCUT2D eigenvalue weighted by atomic mass is 9.81. The molecule has 0 amide bonds. The molecule has 1 aliphatic carbocycles. The number of rotatable bonds is 2. The van der Waals surface area contributed by atoms with Gasteiger partial charge in [0.2, 0.25) is 0 Å². The van der Waals surface area contributed by atoms with Gasteiger partial charge in [0.1, 0.15) is 5.92 Å². The minimum absolute atomic E-state index is 0.115. The van der Waals surface area contributed by atoms with Crippen LogP contribution < -0.4 is 0 Å². The fraction of sp³-hybridized carbons (Fsp3) is 0.250. The van der Waals surface area contributed by atoms with E-state index in [1.54, 1.807) is 18.2 Å². The number of fused-ring (bicyclic) bond motifs is 1. The van der Waals surface area contributed by atoms with Crippen molar-refractivity contribution in [1.29, 1.82) is 0 Å². The Morgan fingerprint density at radius 1 is 1.14 bits per heavy atom. The highest BCUT2D eigenvalue weighted by Crippen LogP contribution is 2.31. The second kappa shape index (κ2) is 5.78. The van der Waals surface area contributed by atoms with E-state index < -0.39 is 11.7 Å². The van der Waals surface area contributed by atoms with Crippen molar-refractivity contribution in [2.24, 2.45) is 5.92 Å². The first-order valence-corrected chi connectivity index (χ1v) is 7.58. The monoisotopic (exact) mass is 335 g/mol. The Labute approximate surface area is 136 Å². The normalized spacial score (nSPS) is 16.3. The number of aromatic nitrogens is 1. The van der Waals surface area contributed by atoms with Gasteiger partial charge in [-0.05, 0) is 18.6 Å². The molecule has 0 spiro atoms. The molecular weight excluding hydrogens is 325 g/mol. The molecule has 1 aliphatic rings. The van der Waals surface area contributed by atoms with Gasteiger partial charge in [0.15, 0.2) is 17.3 Å². The Morgan fingerprint density at radius 3 is 2.50 bits per heavy atom. The second-order valence-corrected chi connectivity index (χ2v) is 6.07. The molecule has 0 atom stereocenters. The first kappa shape index (κ1) is 15.1. The fourth-order valence-corrected chi connectivity index (χ4v) is 3.14. The quantitative estimate of drug-likeness (QED) is 0.620. The van der Waals surface area contributed by atoms with Crippen LogP contribution in [0.5, 0.6) is 0 Å². The van der Waals surface area contributed by atoms with Gasteiger partial charge in [-0.2, -0.15) is 0 Å². The molecule has 112 valence electrons. The molecule has 0 aliphatic heterocycles. The highest BCUT2D eigenvalue weighted by Gasteiger charge is 2.38. The van der Waals surface area contributed by atoms with Crippen molar-refractivity contribution in [3.8, 4) is 0 Å². The zero-order valence-corrected chi connectivity index (χ0v) is 12.9. The summed E-state index contributed by atoms with van der Waals surface area (Å²) >= 11 is 12.0. The molecule has 0 saturated heterocycles. The first-order valence-electron chi connectivity index (χ1n) is 6.82. The average molecular weight is 336 g/mol. The molecule has 2 aromatic rings. The van der Waals surface area contributed by atoms with E-state index >= 15 is 0 Å². The summed E-state index contributed by atoms with van der Waals surface area (Å²) in [5.41, 5.74) is 0.470. The molecule has 1 saturated carbocycles. The molecule has 1 aromatic carbocycles. The third-order valence-electron chi connectivity index (χ3n) is 3.77. The summed E-state index contributed by atoms with van der Waals surface area (Å²) in [6, 6.07) is 4.90. The summed E-state index contributed by atoms with van der Waals surface area (Å²) in [6.45, 7) is 0. The summed E-state index contributed by atoms with van der Waals surface area (Å²) in [5, 5.41) is 1.24. The topological polar surface area (TPSA) is 64.1 Å². The molecule has 0 unspecified atom stereocenters. The zero-order chi connectivity index (χ0) is 15.9. The van der Waals surface area contributed by atoms with Crippen LogP contribution in [0, 0.1) is 5.92 Å². The second-order valence-electron chi connectivity index (χ2n) is 5.23. The maximum atomic E-state index is 12.7. The average Bonchev–Trinajstić information content (AvgIpc) is 2.47. The van der Waals surface area contributed by atoms with Crippen LogP contribution in [0.15, 0.2) is 24.4 Å². The SMILES string of the molecule is O=C1CCCC(=O)C1C(=O)c1c(Cl)ccc2cc(Cl)cnc12. The predicted octanol–water partition coefficient (Wildman–Crippen LogP) is 3.66.